The summed E-state index contributed by atoms with van der Waals surface area (Å²) >= 11 is 0. The maximum absolute atomic E-state index is 11.1. The van der Waals surface area contributed by atoms with Crippen molar-refractivity contribution in [2.45, 2.75) is 27.7 Å². The summed E-state index contributed by atoms with van der Waals surface area (Å²) in [4.78, 5) is 21.1. The Hall–Kier alpha value is -1.45. The molecule has 4 heteroatoms. The van der Waals surface area contributed by atoms with Crippen molar-refractivity contribution in [1.29, 1.82) is 0 Å². The first-order valence-corrected chi connectivity index (χ1v) is 4.43. The molecular formula is C10H15NO3. The van der Waals surface area contributed by atoms with Gasteiger partial charge in [0, 0.05) is 11.6 Å². The molecule has 0 aliphatic heterocycles. The molecule has 0 amide bonds. The van der Waals surface area contributed by atoms with Crippen molar-refractivity contribution >= 4 is 5.78 Å². The van der Waals surface area contributed by atoms with E-state index in [4.69, 9.17) is 0 Å². The minimum absolute atomic E-state index is 0.00222. The third-order valence-corrected chi connectivity index (χ3v) is 1.84. The van der Waals surface area contributed by atoms with Crippen molar-refractivity contribution in [3.8, 4) is 0 Å². The van der Waals surface area contributed by atoms with Gasteiger partial charge in [-0.2, -0.15) is 0 Å². The van der Waals surface area contributed by atoms with Crippen LogP contribution >= 0.6 is 0 Å². The highest BCUT2D eigenvalue weighted by atomic mass is 16.6. The van der Waals surface area contributed by atoms with Gasteiger partial charge < -0.3 is 0 Å². The first kappa shape index (κ1) is 12.6. The molecule has 0 spiro atoms. The van der Waals surface area contributed by atoms with Crippen LogP contribution in [0.1, 0.15) is 27.7 Å². The van der Waals surface area contributed by atoms with E-state index < -0.39 is 4.92 Å². The van der Waals surface area contributed by atoms with Gasteiger partial charge >= 0.3 is 0 Å². The summed E-state index contributed by atoms with van der Waals surface area (Å²) in [5.41, 5.74) is 0.443. The van der Waals surface area contributed by atoms with Crippen molar-refractivity contribution in [3.63, 3.8) is 0 Å². The lowest BCUT2D eigenvalue weighted by Gasteiger charge is -2.05. The Balaban J connectivity index is 5.09. The molecule has 0 aliphatic rings. The minimum Gasteiger partial charge on any atom is -0.295 e. The van der Waals surface area contributed by atoms with Crippen molar-refractivity contribution < 1.29 is 9.72 Å². The Labute approximate surface area is 83.5 Å². The van der Waals surface area contributed by atoms with E-state index in [1.54, 1.807) is 6.92 Å². The van der Waals surface area contributed by atoms with Crippen LogP contribution < -0.4 is 0 Å². The molecular weight excluding hydrogens is 182 g/mol. The Morgan fingerprint density at radius 2 is 1.93 bits per heavy atom. The molecule has 0 saturated heterocycles. The number of hydrogen-bond acceptors (Lipinski definition) is 3. The van der Waals surface area contributed by atoms with Crippen LogP contribution in [0.5, 0.6) is 0 Å². The molecule has 0 aromatic rings. The molecule has 0 heterocycles. The number of hydrogen-bond donors (Lipinski definition) is 0. The first-order chi connectivity index (χ1) is 6.40. The average molecular weight is 197 g/mol. The van der Waals surface area contributed by atoms with Crippen LogP contribution in [0.4, 0.5) is 0 Å². The molecule has 0 unspecified atom stereocenters. The Kier molecular flexibility index (Phi) is 4.77. The summed E-state index contributed by atoms with van der Waals surface area (Å²) in [5.74, 6) is -0.122. The van der Waals surface area contributed by atoms with Gasteiger partial charge in [0.15, 0.2) is 5.78 Å². The van der Waals surface area contributed by atoms with Gasteiger partial charge in [-0.05, 0) is 25.8 Å². The maximum atomic E-state index is 11.1. The number of rotatable bonds is 4. The lowest BCUT2D eigenvalue weighted by Crippen LogP contribution is -2.06. The third-order valence-electron chi connectivity index (χ3n) is 1.84. The monoisotopic (exact) mass is 197 g/mol. The molecule has 0 aromatic heterocycles. The van der Waals surface area contributed by atoms with Gasteiger partial charge in [0.2, 0.25) is 0 Å². The topological polar surface area (TPSA) is 60.2 Å². The number of carbonyl (C=O) groups is 1. The van der Waals surface area contributed by atoms with Crippen molar-refractivity contribution in [2.24, 2.45) is 5.92 Å². The molecule has 14 heavy (non-hydrogen) atoms. The summed E-state index contributed by atoms with van der Waals surface area (Å²) in [7, 11) is 0. The zero-order valence-corrected chi connectivity index (χ0v) is 8.90. The highest BCUT2D eigenvalue weighted by Gasteiger charge is 2.13. The normalized spacial score (nSPS) is 13.2. The fourth-order valence-corrected chi connectivity index (χ4v) is 1.08. The highest BCUT2D eigenvalue weighted by molar-refractivity contribution is 5.94. The van der Waals surface area contributed by atoms with Crippen molar-refractivity contribution in [3.05, 3.63) is 33.5 Å². The fraction of sp³-hybridized carbons (Fsp3) is 0.500. The Morgan fingerprint density at radius 1 is 1.43 bits per heavy atom. The standard InChI is InChI=1S/C10H15NO3/c1-5-9(11(13)14)6-10(7(2)3)8(4)12/h5-7H,1-4H3/b9-5?,10-6+. The molecule has 4 nitrogen and oxygen atoms in total. The number of carbonyl (C=O) groups excluding carboxylic acids is 1. The van der Waals surface area contributed by atoms with Gasteiger partial charge in [-0.15, -0.1) is 0 Å². The van der Waals surface area contributed by atoms with Crippen molar-refractivity contribution in [2.75, 3.05) is 0 Å². The zero-order chi connectivity index (χ0) is 11.3. The largest absolute Gasteiger partial charge is 0.295 e. The van der Waals surface area contributed by atoms with Crippen LogP contribution in [-0.4, -0.2) is 10.7 Å². The second-order valence-electron chi connectivity index (χ2n) is 3.28. The molecule has 78 valence electrons. The number of Topliss-reactive ketones (excluding diaryl/α,β-unsaturated/α-hetero) is 1. The number of ketones is 1. The maximum Gasteiger partial charge on any atom is 0.265 e. The fourth-order valence-electron chi connectivity index (χ4n) is 1.08. The van der Waals surface area contributed by atoms with Gasteiger partial charge in [0.25, 0.3) is 5.70 Å². The molecule has 0 aromatic carbocycles. The molecule has 0 radical (unpaired) electrons. The first-order valence-electron chi connectivity index (χ1n) is 4.43. The van der Waals surface area contributed by atoms with Crippen LogP contribution in [-0.2, 0) is 4.79 Å². The van der Waals surface area contributed by atoms with E-state index in [9.17, 15) is 14.9 Å². The Bertz CT molecular complexity index is 300. The lowest BCUT2D eigenvalue weighted by atomic mass is 9.99. The van der Waals surface area contributed by atoms with Gasteiger partial charge in [-0.1, -0.05) is 13.8 Å². The second-order valence-corrected chi connectivity index (χ2v) is 3.28. The van der Waals surface area contributed by atoms with Crippen LogP contribution in [0, 0.1) is 16.0 Å². The van der Waals surface area contributed by atoms with E-state index in [-0.39, 0.29) is 17.4 Å². The van der Waals surface area contributed by atoms with E-state index in [1.807, 2.05) is 13.8 Å². The quantitative estimate of drug-likeness (QED) is 0.301. The molecule has 0 atom stereocenters. The third kappa shape index (κ3) is 3.51. The molecule has 0 rings (SSSR count). The Morgan fingerprint density at radius 3 is 2.14 bits per heavy atom. The number of nitrogens with zero attached hydrogens (tertiary/aromatic N) is 1. The van der Waals surface area contributed by atoms with E-state index >= 15 is 0 Å². The van der Waals surface area contributed by atoms with E-state index in [0.717, 1.165) is 0 Å². The number of allylic oxidation sites excluding steroid dienone is 3. The molecule has 0 bridgehead atoms. The molecule has 0 fully saturated rings. The molecule has 0 aliphatic carbocycles. The summed E-state index contributed by atoms with van der Waals surface area (Å²) < 4.78 is 0. The predicted octanol–water partition coefficient (Wildman–Crippen LogP) is 2.34. The smallest absolute Gasteiger partial charge is 0.265 e. The summed E-state index contributed by atoms with van der Waals surface area (Å²) in [6, 6.07) is 0. The highest BCUT2D eigenvalue weighted by Crippen LogP contribution is 2.14. The van der Waals surface area contributed by atoms with Crippen LogP contribution in [0.25, 0.3) is 0 Å². The zero-order valence-electron chi connectivity index (χ0n) is 8.90. The predicted molar refractivity (Wildman–Crippen MR) is 54.4 cm³/mol. The SMILES string of the molecule is CC=C(/C=C(/C(C)=O)C(C)C)[N+](=O)[O-]. The summed E-state index contributed by atoms with van der Waals surface area (Å²) in [6.07, 6.45) is 2.72. The molecule has 0 saturated carbocycles. The second kappa shape index (κ2) is 5.32. The number of nitro groups is 1. The summed E-state index contributed by atoms with van der Waals surface area (Å²) in [6.45, 7) is 6.66. The van der Waals surface area contributed by atoms with Crippen molar-refractivity contribution in [1.82, 2.24) is 0 Å². The lowest BCUT2D eigenvalue weighted by molar-refractivity contribution is -0.419. The van der Waals surface area contributed by atoms with Gasteiger partial charge in [-0.3, -0.25) is 14.9 Å². The van der Waals surface area contributed by atoms with Gasteiger partial charge in [0.05, 0.1) is 4.92 Å². The van der Waals surface area contributed by atoms with Crippen LogP contribution in [0.2, 0.25) is 0 Å². The molecule has 0 N–H and O–H groups in total. The van der Waals surface area contributed by atoms with E-state index in [0.29, 0.717) is 5.57 Å². The van der Waals surface area contributed by atoms with E-state index in [2.05, 4.69) is 0 Å². The van der Waals surface area contributed by atoms with Crippen LogP contribution in [0.15, 0.2) is 23.4 Å². The minimum atomic E-state index is -0.495. The van der Waals surface area contributed by atoms with Gasteiger partial charge in [-0.25, -0.2) is 0 Å². The summed E-state index contributed by atoms with van der Waals surface area (Å²) in [5, 5.41) is 10.5. The van der Waals surface area contributed by atoms with Gasteiger partial charge in [0.1, 0.15) is 0 Å². The average Bonchev–Trinajstić information content (AvgIpc) is 2.03. The van der Waals surface area contributed by atoms with Crippen LogP contribution in [0.3, 0.4) is 0 Å². The van der Waals surface area contributed by atoms with E-state index in [1.165, 1.54) is 19.1 Å².